The molecule has 4 aromatic rings. The normalized spacial score (nSPS) is 12.5. The summed E-state index contributed by atoms with van der Waals surface area (Å²) in [6.07, 6.45) is -1.70. The van der Waals surface area contributed by atoms with E-state index in [2.05, 4.69) is 25.7 Å². The number of ether oxygens (including phenoxy) is 2. The smallest absolute Gasteiger partial charge is 0.503 e. The molecule has 1 N–H and O–H groups in total. The van der Waals surface area contributed by atoms with Crippen LogP contribution in [0.3, 0.4) is 0 Å². The average Bonchev–Trinajstić information content (AvgIpc) is 3.23. The molecule has 2 heterocycles. The standard InChI is InChI=1S/C20H12BrF3N2O4S/c1-29-15-6-10(5-13(21)17(15)27)7-16-18(28)26-9-14(25-19(26)31-16)11-3-2-4-12(8-11)30-20(22,23)24/h2-9,27H,1H3. The number of nitrogens with zero attached hydrogens (tertiary/aromatic N) is 2. The van der Waals surface area contributed by atoms with E-state index < -0.39 is 6.36 Å². The van der Waals surface area contributed by atoms with E-state index in [0.29, 0.717) is 30.8 Å². The lowest BCUT2D eigenvalue weighted by molar-refractivity contribution is -0.274. The summed E-state index contributed by atoms with van der Waals surface area (Å²) in [5, 5.41) is 9.91. The molecule has 2 aromatic heterocycles. The van der Waals surface area contributed by atoms with Gasteiger partial charge in [-0.15, -0.1) is 13.2 Å². The van der Waals surface area contributed by atoms with Gasteiger partial charge in [0.1, 0.15) is 5.75 Å². The summed E-state index contributed by atoms with van der Waals surface area (Å²) < 4.78 is 48.5. The zero-order valence-electron chi connectivity index (χ0n) is 15.6. The van der Waals surface area contributed by atoms with E-state index >= 15 is 0 Å². The number of fused-ring (bicyclic) bond motifs is 1. The van der Waals surface area contributed by atoms with Crippen molar-refractivity contribution in [1.82, 2.24) is 9.38 Å². The number of benzene rings is 2. The summed E-state index contributed by atoms with van der Waals surface area (Å²) in [6.45, 7) is 0. The van der Waals surface area contributed by atoms with Crippen molar-refractivity contribution in [3.05, 3.63) is 67.5 Å². The van der Waals surface area contributed by atoms with Gasteiger partial charge in [0.25, 0.3) is 5.56 Å². The number of phenols is 1. The van der Waals surface area contributed by atoms with Gasteiger partial charge in [-0.3, -0.25) is 9.20 Å². The Labute approximate surface area is 184 Å². The van der Waals surface area contributed by atoms with Crippen molar-refractivity contribution in [2.75, 3.05) is 7.11 Å². The molecular formula is C20H12BrF3N2O4S. The molecule has 0 spiro atoms. The number of thiazole rings is 1. The van der Waals surface area contributed by atoms with Crippen molar-refractivity contribution < 1.29 is 27.8 Å². The Balaban J connectivity index is 1.73. The van der Waals surface area contributed by atoms with Gasteiger partial charge in [-0.1, -0.05) is 23.5 Å². The van der Waals surface area contributed by atoms with Gasteiger partial charge in [0, 0.05) is 11.8 Å². The molecule has 0 aliphatic rings. The minimum atomic E-state index is -4.80. The minimum Gasteiger partial charge on any atom is -0.503 e. The van der Waals surface area contributed by atoms with E-state index in [0.717, 1.165) is 11.3 Å². The van der Waals surface area contributed by atoms with E-state index in [-0.39, 0.29) is 22.8 Å². The average molecular weight is 513 g/mol. The van der Waals surface area contributed by atoms with Gasteiger partial charge in [-0.25, -0.2) is 4.98 Å². The van der Waals surface area contributed by atoms with E-state index in [1.54, 1.807) is 24.3 Å². The van der Waals surface area contributed by atoms with Crippen LogP contribution in [0.5, 0.6) is 17.2 Å². The molecule has 0 bridgehead atoms. The van der Waals surface area contributed by atoms with Crippen molar-refractivity contribution >= 4 is 38.3 Å². The molecule has 0 unspecified atom stereocenters. The molecule has 2 aromatic carbocycles. The lowest BCUT2D eigenvalue weighted by Gasteiger charge is -2.09. The molecule has 6 nitrogen and oxygen atoms in total. The van der Waals surface area contributed by atoms with Crippen molar-refractivity contribution in [3.63, 3.8) is 0 Å². The lowest BCUT2D eigenvalue weighted by atomic mass is 10.1. The summed E-state index contributed by atoms with van der Waals surface area (Å²) in [5.74, 6) is -0.174. The van der Waals surface area contributed by atoms with E-state index in [4.69, 9.17) is 4.74 Å². The van der Waals surface area contributed by atoms with Crippen LogP contribution in [-0.4, -0.2) is 28.0 Å². The maximum absolute atomic E-state index is 12.8. The Morgan fingerprint density at radius 1 is 1.26 bits per heavy atom. The van der Waals surface area contributed by atoms with Crippen LogP contribution in [-0.2, 0) is 0 Å². The van der Waals surface area contributed by atoms with Crippen molar-refractivity contribution in [2.24, 2.45) is 0 Å². The molecule has 4 rings (SSSR count). The summed E-state index contributed by atoms with van der Waals surface area (Å²) in [7, 11) is 1.42. The van der Waals surface area contributed by atoms with Gasteiger partial charge < -0.3 is 14.6 Å². The number of halogens is 4. The van der Waals surface area contributed by atoms with Gasteiger partial charge in [-0.05, 0) is 51.8 Å². The summed E-state index contributed by atoms with van der Waals surface area (Å²) in [6, 6.07) is 8.60. The van der Waals surface area contributed by atoms with E-state index in [1.807, 2.05) is 0 Å². The molecule has 0 saturated heterocycles. The topological polar surface area (TPSA) is 73.1 Å². The monoisotopic (exact) mass is 512 g/mol. The number of alkyl halides is 3. The van der Waals surface area contributed by atoms with Gasteiger partial charge in [0.15, 0.2) is 16.5 Å². The SMILES string of the molecule is COc1cc(C=c2sc3nc(-c4cccc(OC(F)(F)F)c4)cn3c2=O)cc(Br)c1O. The first-order chi connectivity index (χ1) is 14.6. The summed E-state index contributed by atoms with van der Waals surface area (Å²) in [4.78, 5) is 17.5. The summed E-state index contributed by atoms with van der Waals surface area (Å²) in [5.41, 5.74) is 1.02. The van der Waals surface area contributed by atoms with Crippen molar-refractivity contribution in [2.45, 2.75) is 6.36 Å². The number of hydrogen-bond donors (Lipinski definition) is 1. The Morgan fingerprint density at radius 3 is 2.71 bits per heavy atom. The maximum atomic E-state index is 12.8. The van der Waals surface area contributed by atoms with Crippen LogP contribution in [0.1, 0.15) is 5.56 Å². The Hall–Kier alpha value is -3.05. The second kappa shape index (κ2) is 7.89. The molecule has 31 heavy (non-hydrogen) atoms. The van der Waals surface area contributed by atoms with Crippen LogP contribution < -0.4 is 19.6 Å². The lowest BCUT2D eigenvalue weighted by Crippen LogP contribution is -2.22. The predicted octanol–water partition coefficient (Wildman–Crippen LogP) is 4.35. The van der Waals surface area contributed by atoms with Gasteiger partial charge >= 0.3 is 6.36 Å². The number of aromatic hydroxyl groups is 1. The zero-order chi connectivity index (χ0) is 22.3. The van der Waals surface area contributed by atoms with Crippen LogP contribution in [0.2, 0.25) is 0 Å². The second-order valence-electron chi connectivity index (χ2n) is 6.32. The van der Waals surface area contributed by atoms with Crippen LogP contribution >= 0.6 is 27.3 Å². The summed E-state index contributed by atoms with van der Waals surface area (Å²) >= 11 is 4.36. The second-order valence-corrected chi connectivity index (χ2v) is 8.19. The zero-order valence-corrected chi connectivity index (χ0v) is 18.0. The molecule has 0 aliphatic heterocycles. The van der Waals surface area contributed by atoms with Crippen LogP contribution in [0.4, 0.5) is 13.2 Å². The maximum Gasteiger partial charge on any atom is 0.573 e. The molecule has 11 heteroatoms. The van der Waals surface area contributed by atoms with Crippen LogP contribution in [0.15, 0.2) is 51.9 Å². The minimum absolute atomic E-state index is 0.0515. The number of hydrogen-bond acceptors (Lipinski definition) is 6. The number of methoxy groups -OCH3 is 1. The number of imidazole rings is 1. The fourth-order valence-electron chi connectivity index (χ4n) is 2.91. The Kier molecular flexibility index (Phi) is 5.40. The molecule has 0 radical (unpaired) electrons. The molecule has 0 fully saturated rings. The molecule has 0 saturated carbocycles. The molecule has 0 amide bonds. The Bertz CT molecular complexity index is 1400. The fourth-order valence-corrected chi connectivity index (χ4v) is 4.32. The molecule has 0 atom stereocenters. The highest BCUT2D eigenvalue weighted by Crippen LogP contribution is 2.35. The highest BCUT2D eigenvalue weighted by molar-refractivity contribution is 9.10. The Morgan fingerprint density at radius 2 is 2.03 bits per heavy atom. The van der Waals surface area contributed by atoms with Crippen LogP contribution in [0, 0.1) is 0 Å². The quantitative estimate of drug-likeness (QED) is 0.440. The number of aromatic nitrogens is 2. The van der Waals surface area contributed by atoms with Gasteiger partial charge in [0.2, 0.25) is 0 Å². The van der Waals surface area contributed by atoms with Crippen LogP contribution in [0.25, 0.3) is 22.3 Å². The third-order valence-electron chi connectivity index (χ3n) is 4.24. The van der Waals surface area contributed by atoms with E-state index in [1.165, 1.54) is 35.9 Å². The molecule has 0 aliphatic carbocycles. The first-order valence-corrected chi connectivity index (χ1v) is 10.2. The van der Waals surface area contributed by atoms with Crippen molar-refractivity contribution in [1.29, 1.82) is 0 Å². The third-order valence-corrected chi connectivity index (χ3v) is 5.82. The fraction of sp³-hybridized carbons (Fsp3) is 0.100. The first kappa shape index (κ1) is 21.2. The number of rotatable bonds is 4. The molecular weight excluding hydrogens is 501 g/mol. The van der Waals surface area contributed by atoms with Gasteiger partial charge in [-0.2, -0.15) is 0 Å². The number of phenolic OH excluding ortho intramolecular Hbond substituents is 1. The first-order valence-electron chi connectivity index (χ1n) is 8.61. The highest BCUT2D eigenvalue weighted by Gasteiger charge is 2.31. The highest BCUT2D eigenvalue weighted by atomic mass is 79.9. The predicted molar refractivity (Wildman–Crippen MR) is 113 cm³/mol. The van der Waals surface area contributed by atoms with Crippen molar-refractivity contribution in [3.8, 4) is 28.5 Å². The third kappa shape index (κ3) is 4.37. The molecule has 160 valence electrons. The van der Waals surface area contributed by atoms with E-state index in [9.17, 15) is 23.1 Å². The largest absolute Gasteiger partial charge is 0.573 e. The van der Waals surface area contributed by atoms with Gasteiger partial charge in [0.05, 0.1) is 21.8 Å².